The molecule has 0 spiro atoms. The lowest BCUT2D eigenvalue weighted by Gasteiger charge is -2.29. The van der Waals surface area contributed by atoms with Crippen molar-refractivity contribution in [3.05, 3.63) is 65.1 Å². The summed E-state index contributed by atoms with van der Waals surface area (Å²) in [7, 11) is 4.69. The van der Waals surface area contributed by atoms with E-state index in [-0.39, 0.29) is 12.5 Å². The van der Waals surface area contributed by atoms with E-state index >= 15 is 0 Å². The maximum absolute atomic E-state index is 13.7. The molecule has 10 heteroatoms. The van der Waals surface area contributed by atoms with Crippen LogP contribution >= 0.6 is 0 Å². The van der Waals surface area contributed by atoms with Gasteiger partial charge >= 0.3 is 0 Å². The minimum absolute atomic E-state index is 0.0419. The Morgan fingerprint density at radius 1 is 1.09 bits per heavy atom. The molecule has 0 unspecified atom stereocenters. The fourth-order valence-corrected chi connectivity index (χ4v) is 4.10. The summed E-state index contributed by atoms with van der Waals surface area (Å²) in [5, 5.41) is 20.1. The number of aryl methyl sites for hydroxylation is 1. The smallest absolute Gasteiger partial charge is 0.255 e. The number of nitrogens with zero attached hydrogens (tertiary/aromatic N) is 3. The second-order valence-electron chi connectivity index (χ2n) is 7.96. The number of methoxy groups -OCH3 is 3. The second-order valence-corrected chi connectivity index (χ2v) is 7.96. The van der Waals surface area contributed by atoms with Gasteiger partial charge in [-0.25, -0.2) is 4.68 Å². The third-order valence-corrected chi connectivity index (χ3v) is 5.78. The fraction of sp³-hybridized carbons (Fsp3) is 0.320. The quantitative estimate of drug-likeness (QED) is 0.428. The Labute approximate surface area is 203 Å². The van der Waals surface area contributed by atoms with Crippen LogP contribution < -0.4 is 24.8 Å². The molecule has 2 heterocycles. The molecular weight excluding hydrogens is 450 g/mol. The highest BCUT2D eigenvalue weighted by molar-refractivity contribution is 6.06. The number of carbonyl (C=O) groups is 1. The molecule has 2 aromatic carbocycles. The minimum Gasteiger partial charge on any atom is -0.495 e. The van der Waals surface area contributed by atoms with E-state index in [2.05, 4.69) is 20.7 Å². The van der Waals surface area contributed by atoms with Crippen molar-refractivity contribution in [2.45, 2.75) is 25.8 Å². The molecule has 0 radical (unpaired) electrons. The summed E-state index contributed by atoms with van der Waals surface area (Å²) in [6.45, 7) is 1.87. The molecule has 1 atom stereocenters. The van der Waals surface area contributed by atoms with Gasteiger partial charge in [0.2, 0.25) is 5.95 Å². The van der Waals surface area contributed by atoms with Crippen LogP contribution in [0.3, 0.4) is 0 Å². The van der Waals surface area contributed by atoms with Crippen LogP contribution in [0.1, 0.15) is 30.8 Å². The van der Waals surface area contributed by atoms with Crippen molar-refractivity contribution in [2.24, 2.45) is 0 Å². The van der Waals surface area contributed by atoms with Gasteiger partial charge in [-0.1, -0.05) is 18.2 Å². The average Bonchev–Trinajstić information content (AvgIpc) is 3.28. The molecule has 1 aliphatic rings. The number of aliphatic hydroxyl groups is 1. The molecule has 4 rings (SSSR count). The van der Waals surface area contributed by atoms with Gasteiger partial charge in [0.05, 0.1) is 32.6 Å². The summed E-state index contributed by atoms with van der Waals surface area (Å²) >= 11 is 0. The highest BCUT2D eigenvalue weighted by atomic mass is 16.5. The van der Waals surface area contributed by atoms with Gasteiger partial charge in [0, 0.05) is 18.7 Å². The molecule has 184 valence electrons. The number of ether oxygens (including phenoxy) is 3. The summed E-state index contributed by atoms with van der Waals surface area (Å²) in [4.78, 5) is 18.3. The van der Waals surface area contributed by atoms with Crippen LogP contribution in [-0.4, -0.2) is 53.7 Å². The second kappa shape index (κ2) is 10.5. The minimum atomic E-state index is -0.587. The maximum Gasteiger partial charge on any atom is 0.255 e. The molecule has 3 aromatic rings. The number of amides is 1. The Hall–Kier alpha value is -4.05. The first-order chi connectivity index (χ1) is 17.0. The number of allylic oxidation sites excluding steroid dienone is 1. The average molecular weight is 480 g/mol. The largest absolute Gasteiger partial charge is 0.495 e. The first-order valence-electron chi connectivity index (χ1n) is 11.2. The number of fused-ring (bicyclic) bond motifs is 1. The Morgan fingerprint density at radius 3 is 2.54 bits per heavy atom. The Balaban J connectivity index is 1.80. The Kier molecular flexibility index (Phi) is 7.21. The molecule has 0 saturated carbocycles. The zero-order valence-corrected chi connectivity index (χ0v) is 20.2. The van der Waals surface area contributed by atoms with E-state index in [1.165, 1.54) is 0 Å². The van der Waals surface area contributed by atoms with E-state index in [4.69, 9.17) is 14.2 Å². The third-order valence-electron chi connectivity index (χ3n) is 5.78. The van der Waals surface area contributed by atoms with Gasteiger partial charge in [0.1, 0.15) is 11.8 Å². The third kappa shape index (κ3) is 4.78. The molecule has 10 nitrogen and oxygen atoms in total. The number of anilines is 2. The van der Waals surface area contributed by atoms with E-state index < -0.39 is 6.04 Å². The standard InChI is InChI=1S/C25H29N5O5/c1-15-22(24(32)27-17-8-5-6-9-18(17)33-2)23(16-11-12-19(34-3)20(14-16)35-4)30-25(26-15)28-21(29-30)10-7-13-31/h5-6,8-9,11-12,14,23,31H,7,10,13H2,1-4H3,(H,27,32)(H,26,28,29)/t23-/m0/s1. The number of para-hydroxylation sites is 2. The van der Waals surface area contributed by atoms with Crippen molar-refractivity contribution >= 4 is 17.5 Å². The topological polar surface area (TPSA) is 120 Å². The highest BCUT2D eigenvalue weighted by Crippen LogP contribution is 2.39. The van der Waals surface area contributed by atoms with E-state index in [0.29, 0.717) is 58.8 Å². The summed E-state index contributed by atoms with van der Waals surface area (Å²) in [6.07, 6.45) is 1.05. The number of aliphatic hydroxyl groups excluding tert-OH is 1. The first-order valence-corrected chi connectivity index (χ1v) is 11.2. The van der Waals surface area contributed by atoms with Gasteiger partial charge in [0.25, 0.3) is 5.91 Å². The molecule has 0 saturated heterocycles. The van der Waals surface area contributed by atoms with Crippen LogP contribution in [0, 0.1) is 0 Å². The lowest BCUT2D eigenvalue weighted by atomic mass is 9.94. The molecule has 1 amide bonds. The van der Waals surface area contributed by atoms with Crippen LogP contribution in [0.25, 0.3) is 0 Å². The van der Waals surface area contributed by atoms with Crippen molar-refractivity contribution in [1.82, 2.24) is 14.8 Å². The van der Waals surface area contributed by atoms with E-state index in [1.54, 1.807) is 44.2 Å². The summed E-state index contributed by atoms with van der Waals surface area (Å²) < 4.78 is 18.0. The van der Waals surface area contributed by atoms with Gasteiger partial charge in [-0.2, -0.15) is 10.1 Å². The molecule has 0 fully saturated rings. The van der Waals surface area contributed by atoms with Gasteiger partial charge in [-0.3, -0.25) is 4.79 Å². The van der Waals surface area contributed by atoms with Crippen LogP contribution in [0.4, 0.5) is 11.6 Å². The number of benzene rings is 2. The number of aromatic nitrogens is 3. The Morgan fingerprint density at radius 2 is 1.83 bits per heavy atom. The van der Waals surface area contributed by atoms with Crippen molar-refractivity contribution in [3.8, 4) is 17.2 Å². The summed E-state index contributed by atoms with van der Waals surface area (Å²) in [5.74, 6) is 2.45. The number of hydrogen-bond acceptors (Lipinski definition) is 8. The molecular formula is C25H29N5O5. The van der Waals surface area contributed by atoms with Crippen LogP contribution in [0.5, 0.6) is 17.2 Å². The SMILES string of the molecule is COc1ccccc1NC(=O)C1=C(C)Nc2nc(CCCO)nn2[C@H]1c1ccc(OC)c(OC)c1. The molecule has 1 aromatic heterocycles. The molecule has 1 aliphatic heterocycles. The van der Waals surface area contributed by atoms with Gasteiger partial charge in [0.15, 0.2) is 17.3 Å². The lowest BCUT2D eigenvalue weighted by molar-refractivity contribution is -0.113. The fourth-order valence-electron chi connectivity index (χ4n) is 4.10. The summed E-state index contributed by atoms with van der Waals surface area (Å²) in [5.41, 5.74) is 2.44. The van der Waals surface area contributed by atoms with Crippen LogP contribution in [0.2, 0.25) is 0 Å². The Bertz CT molecular complexity index is 1250. The van der Waals surface area contributed by atoms with Crippen LogP contribution in [0.15, 0.2) is 53.7 Å². The predicted octanol–water partition coefficient (Wildman–Crippen LogP) is 3.16. The monoisotopic (exact) mass is 479 g/mol. The molecule has 0 bridgehead atoms. The summed E-state index contributed by atoms with van der Waals surface area (Å²) in [6, 6.07) is 12.1. The van der Waals surface area contributed by atoms with E-state index in [1.807, 2.05) is 31.2 Å². The molecule has 0 aliphatic carbocycles. The van der Waals surface area contributed by atoms with Gasteiger partial charge in [-0.05, 0) is 43.2 Å². The zero-order valence-electron chi connectivity index (χ0n) is 20.2. The lowest BCUT2D eigenvalue weighted by Crippen LogP contribution is -2.31. The van der Waals surface area contributed by atoms with Crippen molar-refractivity contribution in [3.63, 3.8) is 0 Å². The number of nitrogens with one attached hydrogen (secondary N) is 2. The molecule has 35 heavy (non-hydrogen) atoms. The number of rotatable bonds is 9. The van der Waals surface area contributed by atoms with Crippen molar-refractivity contribution < 1.29 is 24.1 Å². The predicted molar refractivity (Wildman–Crippen MR) is 131 cm³/mol. The normalized spacial score (nSPS) is 14.7. The number of hydrogen-bond donors (Lipinski definition) is 3. The van der Waals surface area contributed by atoms with Crippen molar-refractivity contribution in [1.29, 1.82) is 0 Å². The van der Waals surface area contributed by atoms with E-state index in [9.17, 15) is 9.90 Å². The highest BCUT2D eigenvalue weighted by Gasteiger charge is 2.35. The maximum atomic E-state index is 13.7. The molecule has 3 N–H and O–H groups in total. The number of carbonyl (C=O) groups excluding carboxylic acids is 1. The first kappa shape index (κ1) is 24.1. The van der Waals surface area contributed by atoms with Crippen molar-refractivity contribution in [2.75, 3.05) is 38.6 Å². The van der Waals surface area contributed by atoms with Gasteiger partial charge in [-0.15, -0.1) is 0 Å². The zero-order chi connectivity index (χ0) is 24.9. The van der Waals surface area contributed by atoms with E-state index in [0.717, 1.165) is 5.56 Å². The van der Waals surface area contributed by atoms with Crippen LogP contribution in [-0.2, 0) is 11.2 Å². The van der Waals surface area contributed by atoms with Gasteiger partial charge < -0.3 is 30.0 Å².